The van der Waals surface area contributed by atoms with E-state index in [2.05, 4.69) is 46.9 Å². The Morgan fingerprint density at radius 1 is 0.821 bits per heavy atom. The van der Waals surface area contributed by atoms with E-state index in [1.807, 2.05) is 0 Å². The van der Waals surface area contributed by atoms with Crippen LogP contribution in [0, 0.1) is 0 Å². The van der Waals surface area contributed by atoms with Gasteiger partial charge in [-0.15, -0.1) is 0 Å². The number of nitrogens with one attached hydrogen (secondary N) is 7. The molecule has 7 amide bonds. The summed E-state index contributed by atoms with van der Waals surface area (Å²) in [5.41, 5.74) is 22.2. The first-order chi connectivity index (χ1) is 26.7. The molecule has 0 radical (unpaired) electrons. The predicted molar refractivity (Wildman–Crippen MR) is 213 cm³/mol. The van der Waals surface area contributed by atoms with Gasteiger partial charge in [-0.25, -0.2) is 4.98 Å². The predicted octanol–water partition coefficient (Wildman–Crippen LogP) is -3.05. The van der Waals surface area contributed by atoms with Crippen LogP contribution in [0.15, 0.2) is 17.5 Å². The van der Waals surface area contributed by atoms with E-state index in [1.54, 1.807) is 13.2 Å². The van der Waals surface area contributed by atoms with Gasteiger partial charge in [-0.2, -0.15) is 0 Å². The van der Waals surface area contributed by atoms with Crippen molar-refractivity contribution in [1.29, 1.82) is 0 Å². The topological polar surface area (TPSA) is 354 Å². The van der Waals surface area contributed by atoms with Crippen molar-refractivity contribution in [3.8, 4) is 0 Å². The third-order valence-electron chi connectivity index (χ3n) is 7.88. The van der Waals surface area contributed by atoms with Crippen molar-refractivity contribution in [1.82, 2.24) is 41.9 Å². The van der Waals surface area contributed by atoms with Crippen LogP contribution < -0.4 is 54.8 Å². The van der Waals surface area contributed by atoms with Gasteiger partial charge in [0.15, 0.2) is 5.96 Å². The number of carbonyl (C=O) groups excluding carboxylic acids is 8. The van der Waals surface area contributed by atoms with Gasteiger partial charge in [-0.05, 0) is 51.3 Å². The summed E-state index contributed by atoms with van der Waals surface area (Å²) in [6.45, 7) is 1.61. The van der Waals surface area contributed by atoms with Gasteiger partial charge in [0.05, 0.1) is 18.9 Å². The minimum Gasteiger partial charge on any atom is -0.370 e. The van der Waals surface area contributed by atoms with Gasteiger partial charge in [0.1, 0.15) is 30.5 Å². The fraction of sp³-hybridized carbons (Fsp3) is 0.636. The number of aromatic nitrogens is 2. The van der Waals surface area contributed by atoms with E-state index in [4.69, 9.17) is 22.9 Å². The molecule has 0 fully saturated rings. The quantitative estimate of drug-likeness (QED) is 0.0121. The molecule has 5 atom stereocenters. The number of aldehydes is 1. The lowest BCUT2D eigenvalue weighted by molar-refractivity contribution is -0.134. The molecule has 56 heavy (non-hydrogen) atoms. The molecule has 1 aromatic rings. The number of nitrogens with two attached hydrogens (primary N) is 4. The van der Waals surface area contributed by atoms with Crippen molar-refractivity contribution in [2.24, 2.45) is 27.9 Å². The summed E-state index contributed by atoms with van der Waals surface area (Å²) < 4.78 is 0. The number of H-pyrrole nitrogens is 1. The number of guanidine groups is 1. The zero-order valence-electron chi connectivity index (χ0n) is 31.8. The van der Waals surface area contributed by atoms with Gasteiger partial charge < -0.3 is 64.6 Å². The summed E-state index contributed by atoms with van der Waals surface area (Å²) in [5, 5.41) is 15.6. The lowest BCUT2D eigenvalue weighted by atomic mass is 10.1. The summed E-state index contributed by atoms with van der Waals surface area (Å²) in [5.74, 6) is -4.43. The number of primary amides is 1. The van der Waals surface area contributed by atoms with Crippen LogP contribution in [0.2, 0.25) is 0 Å². The van der Waals surface area contributed by atoms with Gasteiger partial charge in [0.25, 0.3) is 0 Å². The van der Waals surface area contributed by atoms with Gasteiger partial charge in [-0.3, -0.25) is 38.6 Å². The molecule has 314 valence electrons. The second-order valence-corrected chi connectivity index (χ2v) is 15.2. The van der Waals surface area contributed by atoms with Crippen molar-refractivity contribution < 1.29 is 38.4 Å². The van der Waals surface area contributed by atoms with Gasteiger partial charge in [-0.1, -0.05) is 34.9 Å². The first kappa shape index (κ1) is 49.1. The number of nitrogens with zero attached hydrogens (tertiary/aromatic N) is 2. The minimum atomic E-state index is -1.19. The molecule has 0 unspecified atom stereocenters. The molecule has 0 aliphatic carbocycles. The lowest BCUT2D eigenvalue weighted by Crippen LogP contribution is -2.57. The fourth-order valence-electron chi connectivity index (χ4n) is 5.06. The average Bonchev–Trinajstić information content (AvgIpc) is 3.67. The molecule has 0 aromatic carbocycles. The molecule has 0 spiro atoms. The van der Waals surface area contributed by atoms with Gasteiger partial charge >= 0.3 is 0 Å². The molecule has 1 rings (SSSR count). The highest BCUT2D eigenvalue weighted by Crippen LogP contribution is 2.18. The molecule has 1 aromatic heterocycles. The third kappa shape index (κ3) is 21.3. The van der Waals surface area contributed by atoms with E-state index in [1.165, 1.54) is 34.1 Å². The molecule has 1 heterocycles. The molecular weight excluding hydrogens is 771 g/mol. The highest BCUT2D eigenvalue weighted by Gasteiger charge is 2.30. The number of hydrogen-bond donors (Lipinski definition) is 11. The highest BCUT2D eigenvalue weighted by molar-refractivity contribution is 8.76. The SMILES string of the molecule is CCC[C@H](NC(=O)[C@H](CCCN)NC(=O)CCCC(N)=O)C(=O)N[C@@H](CCCN=C(N)N)C(=O)NCC(=O)N[C@@H](CSSC)C(=O)N[C@@H](C=O)Cc1cnc[nH]1. The summed E-state index contributed by atoms with van der Waals surface area (Å²) in [6.07, 6.45) is 7.17. The van der Waals surface area contributed by atoms with Gasteiger partial charge in [0, 0.05) is 43.5 Å². The monoisotopic (exact) mass is 827 g/mol. The fourth-order valence-corrected chi connectivity index (χ4v) is 6.38. The summed E-state index contributed by atoms with van der Waals surface area (Å²) in [7, 11) is 2.67. The number of carbonyl (C=O) groups is 8. The maximum absolute atomic E-state index is 13.6. The smallest absolute Gasteiger partial charge is 0.244 e. The Hall–Kier alpha value is -4.90. The third-order valence-corrected chi connectivity index (χ3v) is 9.70. The van der Waals surface area contributed by atoms with Crippen molar-refractivity contribution in [3.05, 3.63) is 18.2 Å². The maximum Gasteiger partial charge on any atom is 0.244 e. The molecule has 21 nitrogen and oxygen atoms in total. The van der Waals surface area contributed by atoms with Crippen molar-refractivity contribution >= 4 is 75.2 Å². The van der Waals surface area contributed by atoms with E-state index in [-0.39, 0.29) is 76.2 Å². The van der Waals surface area contributed by atoms with Crippen molar-refractivity contribution in [2.75, 3.05) is 31.6 Å². The normalized spacial score (nSPS) is 13.4. The average molecular weight is 828 g/mol. The molecule has 15 N–H and O–H groups in total. The molecule has 0 saturated carbocycles. The van der Waals surface area contributed by atoms with Crippen molar-refractivity contribution in [3.63, 3.8) is 0 Å². The minimum absolute atomic E-state index is 0.00290. The Labute approximate surface area is 333 Å². The molecule has 0 aliphatic heterocycles. The van der Waals surface area contributed by atoms with Crippen LogP contribution in [0.3, 0.4) is 0 Å². The van der Waals surface area contributed by atoms with Crippen LogP contribution in [0.5, 0.6) is 0 Å². The molecule has 0 bridgehead atoms. The number of rotatable bonds is 30. The molecule has 0 aliphatic rings. The van der Waals surface area contributed by atoms with Gasteiger partial charge in [0.2, 0.25) is 41.4 Å². The van der Waals surface area contributed by atoms with E-state index >= 15 is 0 Å². The van der Waals surface area contributed by atoms with E-state index < -0.39 is 78.1 Å². The Kier molecular flexibility index (Phi) is 25.0. The highest BCUT2D eigenvalue weighted by atomic mass is 33.1. The van der Waals surface area contributed by atoms with E-state index in [0.29, 0.717) is 24.8 Å². The van der Waals surface area contributed by atoms with Crippen LogP contribution in [-0.4, -0.2) is 125 Å². The summed E-state index contributed by atoms with van der Waals surface area (Å²) >= 11 is 0. The van der Waals surface area contributed by atoms with Crippen LogP contribution in [0.25, 0.3) is 0 Å². The largest absolute Gasteiger partial charge is 0.370 e. The van der Waals surface area contributed by atoms with E-state index in [9.17, 15) is 38.4 Å². The second kappa shape index (κ2) is 28.5. The second-order valence-electron chi connectivity index (χ2n) is 12.6. The van der Waals surface area contributed by atoms with Crippen molar-refractivity contribution in [2.45, 2.75) is 101 Å². The zero-order chi connectivity index (χ0) is 41.9. The Morgan fingerprint density at radius 3 is 2.02 bits per heavy atom. The zero-order valence-corrected chi connectivity index (χ0v) is 33.4. The van der Waals surface area contributed by atoms with Crippen LogP contribution in [0.1, 0.15) is 70.4 Å². The number of amides is 7. The first-order valence-corrected chi connectivity index (χ1v) is 20.9. The number of hydrogen-bond acceptors (Lipinski definition) is 13. The Balaban J connectivity index is 3.03. The lowest BCUT2D eigenvalue weighted by Gasteiger charge is -2.25. The summed E-state index contributed by atoms with van der Waals surface area (Å²) in [4.78, 5) is 112. The Morgan fingerprint density at radius 2 is 1.45 bits per heavy atom. The standard InChI is InChI=1S/C33H57N13O8S2/c1-3-7-22(45-31(53)24(8-5-12-34)43-27(49)11-4-10-26(35)48)30(52)46-23(9-6-13-39-33(36)37)29(51)40-16-28(50)44-25(18-56-55-2)32(54)42-21(17-47)14-20-15-38-19-41-20/h15,17,19,21-25H,3-14,16,18,34H2,1-2H3,(H2,35,48)(H,38,41)(H,40,51)(H,42,54)(H,43,49)(H,44,50)(H,45,53)(H,46,52)(H4,36,37,39)/t21-,22+,23+,24+,25+/m1/s1. The number of imidazole rings is 1. The Bertz CT molecular complexity index is 1450. The molecular formula is C33H57N13O8S2. The summed E-state index contributed by atoms with van der Waals surface area (Å²) in [6, 6.07) is -5.26. The molecule has 23 heteroatoms. The van der Waals surface area contributed by atoms with E-state index in [0.717, 1.165) is 0 Å². The first-order valence-electron chi connectivity index (χ1n) is 18.1. The maximum atomic E-state index is 13.6. The number of aliphatic imine (C=N–C) groups is 1. The molecule has 0 saturated heterocycles. The van der Waals surface area contributed by atoms with Crippen LogP contribution >= 0.6 is 21.6 Å². The van der Waals surface area contributed by atoms with Crippen LogP contribution in [0.4, 0.5) is 0 Å². The van der Waals surface area contributed by atoms with Crippen LogP contribution in [-0.2, 0) is 44.8 Å². The number of aromatic amines is 1.